The quantitative estimate of drug-likeness (QED) is 0.420. The Morgan fingerprint density at radius 3 is 1.83 bits per heavy atom. The average molecular weight is 402 g/mol. The van der Waals surface area contributed by atoms with E-state index in [0.717, 1.165) is 41.7 Å². The molecule has 2 saturated carbocycles. The Bertz CT molecular complexity index is 878. The third-order valence-corrected chi connectivity index (χ3v) is 7.25. The SMILES string of the molecule is CC1CCC(C2CCC(C(=O)Oc3ccc(-c4ccc(C#N)cc4)cc3)CC2)CC1. The lowest BCUT2D eigenvalue weighted by molar-refractivity contribution is -0.140. The molecule has 3 heteroatoms. The highest BCUT2D eigenvalue weighted by molar-refractivity contribution is 5.75. The highest BCUT2D eigenvalue weighted by Crippen LogP contribution is 2.41. The number of nitriles is 1. The molecule has 0 heterocycles. The van der Waals surface area contributed by atoms with Crippen molar-refractivity contribution in [1.29, 1.82) is 5.26 Å². The lowest BCUT2D eigenvalue weighted by Crippen LogP contribution is -2.29. The van der Waals surface area contributed by atoms with Gasteiger partial charge in [-0.2, -0.15) is 5.26 Å². The number of nitrogens with zero attached hydrogens (tertiary/aromatic N) is 1. The topological polar surface area (TPSA) is 50.1 Å². The predicted octanol–water partition coefficient (Wildman–Crippen LogP) is 6.76. The van der Waals surface area contributed by atoms with Crippen molar-refractivity contribution in [3.8, 4) is 22.9 Å². The third-order valence-electron chi connectivity index (χ3n) is 7.25. The summed E-state index contributed by atoms with van der Waals surface area (Å²) in [5, 5.41) is 8.92. The molecule has 2 aromatic carbocycles. The van der Waals surface area contributed by atoms with Crippen molar-refractivity contribution in [2.24, 2.45) is 23.7 Å². The number of rotatable bonds is 4. The molecular formula is C27H31NO2. The maximum absolute atomic E-state index is 12.7. The fraction of sp³-hybridized carbons (Fsp3) is 0.481. The number of benzene rings is 2. The van der Waals surface area contributed by atoms with Gasteiger partial charge in [-0.25, -0.2) is 0 Å². The first-order chi connectivity index (χ1) is 14.6. The van der Waals surface area contributed by atoms with Crippen molar-refractivity contribution in [2.75, 3.05) is 0 Å². The van der Waals surface area contributed by atoms with Crippen molar-refractivity contribution in [3.63, 3.8) is 0 Å². The molecule has 0 bridgehead atoms. The summed E-state index contributed by atoms with van der Waals surface area (Å²) >= 11 is 0. The molecule has 0 atom stereocenters. The van der Waals surface area contributed by atoms with Crippen LogP contribution in [0.15, 0.2) is 48.5 Å². The smallest absolute Gasteiger partial charge is 0.314 e. The molecule has 4 rings (SSSR count). The number of esters is 1. The number of ether oxygens (including phenoxy) is 1. The van der Waals surface area contributed by atoms with Crippen LogP contribution in [0.4, 0.5) is 0 Å². The molecule has 3 nitrogen and oxygen atoms in total. The molecule has 30 heavy (non-hydrogen) atoms. The Morgan fingerprint density at radius 1 is 0.800 bits per heavy atom. The second-order valence-electron chi connectivity index (χ2n) is 9.27. The van der Waals surface area contributed by atoms with E-state index in [1.165, 1.54) is 38.5 Å². The van der Waals surface area contributed by atoms with Crippen molar-refractivity contribution in [1.82, 2.24) is 0 Å². The van der Waals surface area contributed by atoms with Gasteiger partial charge in [0.2, 0.25) is 0 Å². The minimum atomic E-state index is -0.0724. The molecule has 0 radical (unpaired) electrons. The zero-order valence-corrected chi connectivity index (χ0v) is 17.8. The second kappa shape index (κ2) is 9.47. The second-order valence-corrected chi connectivity index (χ2v) is 9.27. The first-order valence-electron chi connectivity index (χ1n) is 11.4. The summed E-state index contributed by atoms with van der Waals surface area (Å²) in [5.74, 6) is 3.18. The van der Waals surface area contributed by atoms with Crippen LogP contribution in [-0.4, -0.2) is 5.97 Å². The van der Waals surface area contributed by atoms with E-state index in [1.54, 1.807) is 0 Å². The van der Waals surface area contributed by atoms with Crippen molar-refractivity contribution in [2.45, 2.75) is 58.3 Å². The minimum absolute atomic E-state index is 0.0435. The number of hydrogen-bond acceptors (Lipinski definition) is 3. The van der Waals surface area contributed by atoms with Crippen molar-refractivity contribution in [3.05, 3.63) is 54.1 Å². The van der Waals surface area contributed by atoms with Crippen LogP contribution in [0.3, 0.4) is 0 Å². The van der Waals surface area contributed by atoms with Crippen molar-refractivity contribution < 1.29 is 9.53 Å². The van der Waals surface area contributed by atoms with Crippen LogP contribution < -0.4 is 4.74 Å². The Balaban J connectivity index is 1.28. The molecule has 2 aliphatic carbocycles. The summed E-state index contributed by atoms with van der Waals surface area (Å²) < 4.78 is 5.69. The van der Waals surface area contributed by atoms with E-state index in [0.29, 0.717) is 11.3 Å². The van der Waals surface area contributed by atoms with Gasteiger partial charge in [-0.1, -0.05) is 44.0 Å². The molecule has 0 aromatic heterocycles. The zero-order chi connectivity index (χ0) is 20.9. The fourth-order valence-corrected chi connectivity index (χ4v) is 5.24. The zero-order valence-electron chi connectivity index (χ0n) is 17.8. The van der Waals surface area contributed by atoms with Crippen LogP contribution in [0, 0.1) is 35.0 Å². The Morgan fingerprint density at radius 2 is 1.30 bits per heavy atom. The maximum atomic E-state index is 12.7. The summed E-state index contributed by atoms with van der Waals surface area (Å²) in [5.41, 5.74) is 2.74. The molecule has 2 aliphatic rings. The van der Waals surface area contributed by atoms with E-state index in [1.807, 2.05) is 48.5 Å². The molecule has 0 saturated heterocycles. The average Bonchev–Trinajstić information content (AvgIpc) is 2.80. The lowest BCUT2D eigenvalue weighted by Gasteiger charge is -2.36. The number of carbonyl (C=O) groups is 1. The number of hydrogen-bond donors (Lipinski definition) is 0. The van der Waals surface area contributed by atoms with Gasteiger partial charge in [0.15, 0.2) is 0 Å². The number of carbonyl (C=O) groups excluding carboxylic acids is 1. The Kier molecular flexibility index (Phi) is 6.53. The molecule has 0 amide bonds. The summed E-state index contributed by atoms with van der Waals surface area (Å²) in [6.07, 6.45) is 9.82. The van der Waals surface area contributed by atoms with E-state index in [9.17, 15) is 4.79 Å². The molecule has 156 valence electrons. The summed E-state index contributed by atoms with van der Waals surface area (Å²) in [6, 6.07) is 17.3. The molecule has 0 N–H and O–H groups in total. The maximum Gasteiger partial charge on any atom is 0.314 e. The fourth-order valence-electron chi connectivity index (χ4n) is 5.24. The van der Waals surface area contributed by atoms with Gasteiger partial charge in [0, 0.05) is 0 Å². The first kappa shape index (κ1) is 20.7. The normalized spacial score (nSPS) is 26.5. The first-order valence-corrected chi connectivity index (χ1v) is 11.4. The Labute approximate surface area is 180 Å². The van der Waals surface area contributed by atoms with Crippen LogP contribution in [0.5, 0.6) is 5.75 Å². The van der Waals surface area contributed by atoms with Gasteiger partial charge in [0.25, 0.3) is 0 Å². The van der Waals surface area contributed by atoms with Gasteiger partial charge in [-0.15, -0.1) is 0 Å². The molecule has 0 unspecified atom stereocenters. The van der Waals surface area contributed by atoms with Gasteiger partial charge < -0.3 is 4.74 Å². The molecule has 2 aromatic rings. The highest BCUT2D eigenvalue weighted by Gasteiger charge is 2.33. The van der Waals surface area contributed by atoms with Crippen molar-refractivity contribution >= 4 is 5.97 Å². The van der Waals surface area contributed by atoms with E-state index >= 15 is 0 Å². The molecule has 2 fully saturated rings. The predicted molar refractivity (Wildman–Crippen MR) is 119 cm³/mol. The van der Waals surface area contributed by atoms with Crippen LogP contribution in [-0.2, 0) is 4.79 Å². The standard InChI is InChI=1S/C27H31NO2/c1-19-2-6-21(7-3-19)23-10-12-25(13-11-23)27(29)30-26-16-14-24(15-17-26)22-8-4-20(18-28)5-9-22/h4-5,8-9,14-17,19,21,23,25H,2-3,6-7,10-13H2,1H3. The van der Waals surface area contributed by atoms with E-state index in [2.05, 4.69) is 13.0 Å². The van der Waals surface area contributed by atoms with Gasteiger partial charge in [-0.3, -0.25) is 4.79 Å². The molecule has 0 aliphatic heterocycles. The minimum Gasteiger partial charge on any atom is -0.426 e. The molecule has 0 spiro atoms. The van der Waals surface area contributed by atoms with Gasteiger partial charge in [0.05, 0.1) is 17.6 Å². The van der Waals surface area contributed by atoms with E-state index in [-0.39, 0.29) is 11.9 Å². The summed E-state index contributed by atoms with van der Waals surface area (Å²) in [4.78, 5) is 12.7. The Hall–Kier alpha value is -2.60. The van der Waals surface area contributed by atoms with Gasteiger partial charge in [-0.05, 0) is 91.7 Å². The van der Waals surface area contributed by atoms with Crippen LogP contribution in [0.2, 0.25) is 0 Å². The summed E-state index contributed by atoms with van der Waals surface area (Å²) in [7, 11) is 0. The highest BCUT2D eigenvalue weighted by atomic mass is 16.5. The van der Waals surface area contributed by atoms with Crippen LogP contribution in [0.1, 0.15) is 63.9 Å². The monoisotopic (exact) mass is 401 g/mol. The largest absolute Gasteiger partial charge is 0.426 e. The summed E-state index contributed by atoms with van der Waals surface area (Å²) in [6.45, 7) is 2.38. The van der Waals surface area contributed by atoms with Crippen LogP contribution >= 0.6 is 0 Å². The third kappa shape index (κ3) is 4.93. The van der Waals surface area contributed by atoms with Crippen LogP contribution in [0.25, 0.3) is 11.1 Å². The van der Waals surface area contributed by atoms with Gasteiger partial charge in [0.1, 0.15) is 5.75 Å². The van der Waals surface area contributed by atoms with Gasteiger partial charge >= 0.3 is 5.97 Å². The van der Waals surface area contributed by atoms with E-state index in [4.69, 9.17) is 10.00 Å². The molecular weight excluding hydrogens is 370 g/mol. The lowest BCUT2D eigenvalue weighted by atomic mass is 9.69. The van der Waals surface area contributed by atoms with E-state index < -0.39 is 0 Å².